The second-order valence-electron chi connectivity index (χ2n) is 7.32. The van der Waals surface area contributed by atoms with E-state index in [9.17, 15) is 28.9 Å². The summed E-state index contributed by atoms with van der Waals surface area (Å²) in [6.07, 6.45) is -0.473. The number of hydrogen-bond acceptors (Lipinski definition) is 7. The van der Waals surface area contributed by atoms with Crippen LogP contribution in [0.15, 0.2) is 60.7 Å². The Balaban J connectivity index is 0.00000408. The smallest absolute Gasteiger partial charge is 0.550 e. The molecule has 172 valence electrons. The molecular formula is C23H21F2N4NaO4. The summed E-state index contributed by atoms with van der Waals surface area (Å²) in [6.45, 7) is 0. The van der Waals surface area contributed by atoms with E-state index in [0.717, 1.165) is 0 Å². The molecule has 0 saturated carbocycles. The summed E-state index contributed by atoms with van der Waals surface area (Å²) in [6, 6.07) is 11.3. The van der Waals surface area contributed by atoms with Gasteiger partial charge < -0.3 is 20.1 Å². The number of nitrogens with zero attached hydrogens (tertiary/aromatic N) is 4. The van der Waals surface area contributed by atoms with Gasteiger partial charge in [-0.3, -0.25) is 0 Å². The molecule has 0 aliphatic rings. The molecule has 0 bridgehead atoms. The van der Waals surface area contributed by atoms with Gasteiger partial charge in [0.1, 0.15) is 11.6 Å². The van der Waals surface area contributed by atoms with Crippen molar-refractivity contribution in [3.63, 3.8) is 0 Å². The summed E-state index contributed by atoms with van der Waals surface area (Å²) >= 11 is 0. The first kappa shape index (κ1) is 27.5. The number of aryl methyl sites for hydroxylation is 1. The minimum absolute atomic E-state index is 0. The molecule has 8 nitrogen and oxygen atoms in total. The molecule has 1 heterocycles. The number of aliphatic carboxylic acids is 1. The van der Waals surface area contributed by atoms with E-state index in [0.29, 0.717) is 28.1 Å². The number of allylic oxidation sites excluding steroid dienone is 2. The molecule has 0 saturated heterocycles. The number of hydrogen-bond donors (Lipinski definition) is 2. The maximum Gasteiger partial charge on any atom is 1.00 e. The Bertz CT molecular complexity index is 1120. The molecule has 0 aliphatic carbocycles. The zero-order valence-corrected chi connectivity index (χ0v) is 20.6. The second kappa shape index (κ2) is 12.6. The molecule has 0 unspecified atom stereocenters. The number of carbonyl (C=O) groups is 1. The van der Waals surface area contributed by atoms with Gasteiger partial charge in [0.2, 0.25) is 0 Å². The van der Waals surface area contributed by atoms with E-state index in [1.807, 2.05) is 0 Å². The van der Waals surface area contributed by atoms with Gasteiger partial charge >= 0.3 is 29.6 Å². The summed E-state index contributed by atoms with van der Waals surface area (Å²) in [4.78, 5) is 10.6. The van der Waals surface area contributed by atoms with Crippen molar-refractivity contribution in [1.82, 2.24) is 20.2 Å². The van der Waals surface area contributed by atoms with Crippen molar-refractivity contribution in [3.8, 4) is 0 Å². The van der Waals surface area contributed by atoms with Crippen molar-refractivity contribution >= 4 is 17.1 Å². The van der Waals surface area contributed by atoms with Crippen molar-refractivity contribution in [3.05, 3.63) is 89.3 Å². The third-order valence-corrected chi connectivity index (χ3v) is 4.80. The summed E-state index contributed by atoms with van der Waals surface area (Å²) in [5.74, 6) is -2.00. The number of aromatic nitrogens is 4. The van der Waals surface area contributed by atoms with Crippen molar-refractivity contribution in [2.24, 2.45) is 7.05 Å². The molecule has 34 heavy (non-hydrogen) atoms. The van der Waals surface area contributed by atoms with Crippen LogP contribution in [0.2, 0.25) is 0 Å². The maximum atomic E-state index is 13.6. The Morgan fingerprint density at radius 2 is 1.59 bits per heavy atom. The Morgan fingerprint density at radius 1 is 1.06 bits per heavy atom. The topological polar surface area (TPSA) is 124 Å². The van der Waals surface area contributed by atoms with Crippen LogP contribution in [0.5, 0.6) is 0 Å². The minimum atomic E-state index is -1.43. The zero-order chi connectivity index (χ0) is 24.0. The fraction of sp³-hybridized carbons (Fsp3) is 0.217. The SMILES string of the molecule is Cn1nnnc1C(C=C[C@@H](O)C[C@@H](O)CC(=O)[O-])=C(c1ccc(F)cc1)c1ccc(F)cc1.[Na+]. The summed E-state index contributed by atoms with van der Waals surface area (Å²) in [5.41, 5.74) is 2.12. The number of aliphatic hydroxyl groups is 2. The van der Waals surface area contributed by atoms with Gasteiger partial charge in [0.05, 0.1) is 12.2 Å². The van der Waals surface area contributed by atoms with E-state index in [2.05, 4.69) is 15.5 Å². The van der Waals surface area contributed by atoms with Crippen LogP contribution in [0, 0.1) is 11.6 Å². The van der Waals surface area contributed by atoms with Gasteiger partial charge in [-0.25, -0.2) is 13.5 Å². The van der Waals surface area contributed by atoms with Crippen LogP contribution in [0.3, 0.4) is 0 Å². The Morgan fingerprint density at radius 3 is 2.03 bits per heavy atom. The van der Waals surface area contributed by atoms with E-state index in [4.69, 9.17) is 0 Å². The monoisotopic (exact) mass is 478 g/mol. The van der Waals surface area contributed by atoms with Crippen LogP contribution in [0.4, 0.5) is 8.78 Å². The molecule has 2 atom stereocenters. The maximum absolute atomic E-state index is 13.6. The van der Waals surface area contributed by atoms with Crippen LogP contribution >= 0.6 is 0 Å². The van der Waals surface area contributed by atoms with E-state index in [-0.39, 0.29) is 36.0 Å². The van der Waals surface area contributed by atoms with Gasteiger partial charge in [0.25, 0.3) is 0 Å². The Hall–Kier alpha value is -2.76. The molecule has 2 aromatic carbocycles. The normalized spacial score (nSPS) is 12.7. The van der Waals surface area contributed by atoms with Crippen molar-refractivity contribution in [1.29, 1.82) is 0 Å². The summed E-state index contributed by atoms with van der Waals surface area (Å²) < 4.78 is 28.6. The number of carboxylic acids is 1. The minimum Gasteiger partial charge on any atom is -0.550 e. The molecule has 3 aromatic rings. The molecular weight excluding hydrogens is 457 g/mol. The fourth-order valence-electron chi connectivity index (χ4n) is 3.28. The predicted molar refractivity (Wildman–Crippen MR) is 113 cm³/mol. The van der Waals surface area contributed by atoms with Gasteiger partial charge in [-0.2, -0.15) is 0 Å². The first-order chi connectivity index (χ1) is 15.7. The molecule has 0 radical (unpaired) electrons. The third kappa shape index (κ3) is 7.37. The van der Waals surface area contributed by atoms with Gasteiger partial charge in [-0.05, 0) is 51.4 Å². The van der Waals surface area contributed by atoms with Crippen molar-refractivity contribution in [2.75, 3.05) is 0 Å². The fourth-order valence-corrected chi connectivity index (χ4v) is 3.28. The van der Waals surface area contributed by atoms with E-state index in [1.165, 1.54) is 41.1 Å². The van der Waals surface area contributed by atoms with Gasteiger partial charge in [0, 0.05) is 31.4 Å². The molecule has 0 aliphatic heterocycles. The summed E-state index contributed by atoms with van der Waals surface area (Å²) in [7, 11) is 1.61. The molecule has 0 spiro atoms. The Labute approximate surface area is 216 Å². The van der Waals surface area contributed by atoms with Crippen molar-refractivity contribution < 1.29 is 58.5 Å². The molecule has 0 amide bonds. The standard InChI is InChI=1S/C23H22F2N4O4.Na/c1-29-23(26-27-28-29)20(11-10-18(30)12-19(31)13-21(32)33)22(14-2-6-16(24)7-3-14)15-4-8-17(25)9-5-15;/h2-11,18-19,30-31H,12-13H2,1H3,(H,32,33);/q;+1/p-1/t18-,19-;/m1./s1. The van der Waals surface area contributed by atoms with E-state index in [1.54, 1.807) is 31.3 Å². The van der Waals surface area contributed by atoms with Crippen molar-refractivity contribution in [2.45, 2.75) is 25.0 Å². The first-order valence-electron chi connectivity index (χ1n) is 9.97. The van der Waals surface area contributed by atoms with Crippen LogP contribution < -0.4 is 34.7 Å². The van der Waals surface area contributed by atoms with Gasteiger partial charge in [0.15, 0.2) is 5.82 Å². The van der Waals surface area contributed by atoms with Crippen LogP contribution in [0.1, 0.15) is 29.8 Å². The number of halogens is 2. The van der Waals surface area contributed by atoms with Crippen LogP contribution in [-0.4, -0.2) is 48.6 Å². The molecule has 11 heteroatoms. The molecule has 0 fully saturated rings. The van der Waals surface area contributed by atoms with Crippen LogP contribution in [0.25, 0.3) is 11.1 Å². The zero-order valence-electron chi connectivity index (χ0n) is 18.6. The van der Waals surface area contributed by atoms with Crippen LogP contribution in [-0.2, 0) is 11.8 Å². The van der Waals surface area contributed by atoms with E-state index >= 15 is 0 Å². The number of aliphatic hydroxyl groups excluding tert-OH is 2. The number of carboxylic acid groups (broad SMARTS) is 1. The average molecular weight is 478 g/mol. The quantitative estimate of drug-likeness (QED) is 0.276. The van der Waals surface area contributed by atoms with Gasteiger partial charge in [-0.1, -0.05) is 36.4 Å². The third-order valence-electron chi connectivity index (χ3n) is 4.80. The largest absolute Gasteiger partial charge is 1.00 e. The predicted octanol–water partition coefficient (Wildman–Crippen LogP) is -1.74. The van der Waals surface area contributed by atoms with E-state index < -0.39 is 36.2 Å². The average Bonchev–Trinajstić information content (AvgIpc) is 3.18. The number of benzene rings is 2. The molecule has 1 aromatic heterocycles. The molecule has 2 N–H and O–H groups in total. The first-order valence-corrected chi connectivity index (χ1v) is 9.97. The number of tetrazole rings is 1. The number of rotatable bonds is 9. The Kier molecular flexibility index (Phi) is 10.2. The summed E-state index contributed by atoms with van der Waals surface area (Å²) in [5, 5.41) is 42.2. The second-order valence-corrected chi connectivity index (χ2v) is 7.32. The molecule has 3 rings (SSSR count). The van der Waals surface area contributed by atoms with Gasteiger partial charge in [-0.15, -0.1) is 5.10 Å². The number of carbonyl (C=O) groups excluding carboxylic acids is 1.